The van der Waals surface area contributed by atoms with E-state index in [0.717, 1.165) is 18.0 Å². The molecule has 0 aliphatic heterocycles. The van der Waals surface area contributed by atoms with E-state index in [0.29, 0.717) is 19.0 Å². The van der Waals surface area contributed by atoms with Crippen LogP contribution in [0.1, 0.15) is 18.3 Å². The summed E-state index contributed by atoms with van der Waals surface area (Å²) in [5, 5.41) is 17.2. The van der Waals surface area contributed by atoms with E-state index >= 15 is 0 Å². The summed E-state index contributed by atoms with van der Waals surface area (Å²) < 4.78 is 45.2. The van der Waals surface area contributed by atoms with Crippen molar-refractivity contribution in [2.75, 3.05) is 26.7 Å². The molecule has 1 heterocycles. The van der Waals surface area contributed by atoms with E-state index in [1.807, 2.05) is 18.9 Å². The van der Waals surface area contributed by atoms with Crippen LogP contribution in [0.25, 0.3) is 0 Å². The molecule has 1 atom stereocenters. The van der Waals surface area contributed by atoms with Crippen molar-refractivity contribution in [1.82, 2.24) is 25.0 Å². The molecule has 0 saturated carbocycles. The summed E-state index contributed by atoms with van der Waals surface area (Å²) in [6.07, 6.45) is -3.97. The van der Waals surface area contributed by atoms with Crippen molar-refractivity contribution < 1.29 is 23.0 Å². The minimum atomic E-state index is -4.45. The van der Waals surface area contributed by atoms with Gasteiger partial charge >= 0.3 is 6.18 Å². The highest BCUT2D eigenvalue weighted by Gasteiger charge is 2.30. The third-order valence-corrected chi connectivity index (χ3v) is 3.94. The molecule has 0 bridgehead atoms. The van der Waals surface area contributed by atoms with Crippen LogP contribution in [0.5, 0.6) is 5.75 Å². The molecule has 2 N–H and O–H groups in total. The van der Waals surface area contributed by atoms with E-state index in [9.17, 15) is 18.3 Å². The maximum absolute atomic E-state index is 12.7. The predicted molar refractivity (Wildman–Crippen MR) is 117 cm³/mol. The highest BCUT2D eigenvalue weighted by molar-refractivity contribution is 14.0. The molecule has 0 fully saturated rings. The smallest absolute Gasteiger partial charge is 0.416 e. The number of rotatable bonds is 8. The lowest BCUT2D eigenvalue weighted by molar-refractivity contribution is -0.137. The van der Waals surface area contributed by atoms with Gasteiger partial charge in [0.25, 0.3) is 0 Å². The van der Waals surface area contributed by atoms with E-state index < -0.39 is 17.8 Å². The minimum absolute atomic E-state index is 0. The number of benzene rings is 1. The molecule has 2 aromatic rings. The Morgan fingerprint density at radius 1 is 1.40 bits per heavy atom. The van der Waals surface area contributed by atoms with Gasteiger partial charge in [0.15, 0.2) is 5.96 Å². The first-order valence-corrected chi connectivity index (χ1v) is 9.01. The molecule has 30 heavy (non-hydrogen) atoms. The van der Waals surface area contributed by atoms with Gasteiger partial charge in [0.1, 0.15) is 30.6 Å². The number of aryl methyl sites for hydroxylation is 1. The second kappa shape index (κ2) is 11.9. The second-order valence-electron chi connectivity index (χ2n) is 6.34. The first kappa shape index (κ1) is 25.9. The largest absolute Gasteiger partial charge is 0.491 e. The molecule has 1 unspecified atom stereocenters. The Kier molecular flexibility index (Phi) is 10.3. The predicted octanol–water partition coefficient (Wildman–Crippen LogP) is 2.29. The Balaban J connectivity index is 0.00000450. The van der Waals surface area contributed by atoms with Gasteiger partial charge < -0.3 is 20.1 Å². The van der Waals surface area contributed by atoms with Crippen LogP contribution < -0.4 is 10.1 Å². The maximum Gasteiger partial charge on any atom is 0.416 e. The summed E-state index contributed by atoms with van der Waals surface area (Å²) >= 11 is 0. The van der Waals surface area contributed by atoms with Crippen LogP contribution in [0.2, 0.25) is 0 Å². The summed E-state index contributed by atoms with van der Waals surface area (Å²) in [6, 6.07) is 4.52. The second-order valence-corrected chi connectivity index (χ2v) is 6.34. The summed E-state index contributed by atoms with van der Waals surface area (Å²) in [7, 11) is 3.61. The molecule has 0 aliphatic rings. The van der Waals surface area contributed by atoms with E-state index in [2.05, 4.69) is 20.4 Å². The standard InChI is InChI=1S/C18H25F3N6O2.HI/c1-4-22-17(26(2)10-16-24-12-25-27(16)3)23-9-14(28)11-29-15-7-5-6-13(8-15)18(19,20)21;/h5-8,12,14,28H,4,9-11H2,1-3H3,(H,22,23);1H. The monoisotopic (exact) mass is 542 g/mol. The molecule has 0 amide bonds. The molecule has 12 heteroatoms. The highest BCUT2D eigenvalue weighted by Crippen LogP contribution is 2.31. The Morgan fingerprint density at radius 2 is 2.13 bits per heavy atom. The van der Waals surface area contributed by atoms with Gasteiger partial charge in [0.05, 0.1) is 18.7 Å². The topological polar surface area (TPSA) is 87.8 Å². The van der Waals surface area contributed by atoms with Crippen LogP contribution in [0, 0.1) is 0 Å². The van der Waals surface area contributed by atoms with Crippen LogP contribution in [0.15, 0.2) is 35.6 Å². The molecule has 0 aliphatic carbocycles. The van der Waals surface area contributed by atoms with Gasteiger partial charge in [-0.25, -0.2) is 4.98 Å². The van der Waals surface area contributed by atoms with Gasteiger partial charge in [0, 0.05) is 20.6 Å². The van der Waals surface area contributed by atoms with Crippen molar-refractivity contribution >= 4 is 29.9 Å². The summed E-state index contributed by atoms with van der Waals surface area (Å²) in [6.45, 7) is 2.83. The zero-order chi connectivity index (χ0) is 21.4. The number of hydrogen-bond acceptors (Lipinski definition) is 5. The quantitative estimate of drug-likeness (QED) is 0.303. The average molecular weight is 542 g/mol. The Hall–Kier alpha value is -2.09. The zero-order valence-corrected chi connectivity index (χ0v) is 19.3. The van der Waals surface area contributed by atoms with Crippen molar-refractivity contribution in [2.45, 2.75) is 25.7 Å². The van der Waals surface area contributed by atoms with Gasteiger partial charge in [-0.15, -0.1) is 24.0 Å². The molecule has 0 saturated heterocycles. The Bertz CT molecular complexity index is 815. The molecule has 1 aromatic heterocycles. The molecular formula is C18H26F3IN6O2. The van der Waals surface area contributed by atoms with Crippen LogP contribution in [-0.2, 0) is 19.8 Å². The Morgan fingerprint density at radius 3 is 2.73 bits per heavy atom. The lowest BCUT2D eigenvalue weighted by atomic mass is 10.2. The fraction of sp³-hybridized carbons (Fsp3) is 0.500. The molecular weight excluding hydrogens is 516 g/mol. The normalized spacial score (nSPS) is 12.8. The van der Waals surface area contributed by atoms with E-state index in [4.69, 9.17) is 4.74 Å². The molecule has 0 radical (unpaired) electrons. The van der Waals surface area contributed by atoms with Crippen molar-refractivity contribution in [3.8, 4) is 5.75 Å². The van der Waals surface area contributed by atoms with Crippen LogP contribution in [-0.4, -0.2) is 63.6 Å². The third-order valence-electron chi connectivity index (χ3n) is 3.94. The molecule has 168 valence electrons. The number of nitrogens with one attached hydrogen (secondary N) is 1. The van der Waals surface area contributed by atoms with Gasteiger partial charge in [-0.05, 0) is 25.1 Å². The number of alkyl halides is 3. The van der Waals surface area contributed by atoms with Crippen molar-refractivity contribution in [2.24, 2.45) is 12.0 Å². The summed E-state index contributed by atoms with van der Waals surface area (Å²) in [5.74, 6) is 1.33. The van der Waals surface area contributed by atoms with Gasteiger partial charge in [-0.1, -0.05) is 6.07 Å². The highest BCUT2D eigenvalue weighted by atomic mass is 127. The van der Waals surface area contributed by atoms with Crippen LogP contribution in [0.4, 0.5) is 13.2 Å². The summed E-state index contributed by atoms with van der Waals surface area (Å²) in [5.41, 5.74) is -0.803. The fourth-order valence-corrected chi connectivity index (χ4v) is 2.42. The van der Waals surface area contributed by atoms with Crippen LogP contribution >= 0.6 is 24.0 Å². The average Bonchev–Trinajstić information content (AvgIpc) is 3.07. The fourth-order valence-electron chi connectivity index (χ4n) is 2.42. The first-order valence-electron chi connectivity index (χ1n) is 9.01. The van der Waals surface area contributed by atoms with Gasteiger partial charge in [-0.3, -0.25) is 9.67 Å². The molecule has 8 nitrogen and oxygen atoms in total. The van der Waals surface area contributed by atoms with Crippen molar-refractivity contribution in [3.05, 3.63) is 42.0 Å². The lowest BCUT2D eigenvalue weighted by Crippen LogP contribution is -2.39. The van der Waals surface area contributed by atoms with E-state index in [-0.39, 0.29) is 42.9 Å². The first-order chi connectivity index (χ1) is 13.7. The summed E-state index contributed by atoms with van der Waals surface area (Å²) in [4.78, 5) is 10.3. The van der Waals surface area contributed by atoms with Crippen molar-refractivity contribution in [1.29, 1.82) is 0 Å². The number of aliphatic imine (C=N–C) groups is 1. The molecule has 2 rings (SSSR count). The third kappa shape index (κ3) is 7.97. The maximum atomic E-state index is 12.7. The lowest BCUT2D eigenvalue weighted by Gasteiger charge is -2.22. The molecule has 1 aromatic carbocycles. The van der Waals surface area contributed by atoms with Crippen LogP contribution in [0.3, 0.4) is 0 Å². The minimum Gasteiger partial charge on any atom is -0.491 e. The number of ether oxygens (including phenoxy) is 1. The van der Waals surface area contributed by atoms with E-state index in [1.54, 1.807) is 11.7 Å². The number of nitrogens with zero attached hydrogens (tertiary/aromatic N) is 5. The number of guanidine groups is 1. The number of halogens is 4. The molecule has 0 spiro atoms. The SMILES string of the molecule is CCNC(=NCC(O)COc1cccc(C(F)(F)F)c1)N(C)Cc1ncnn1C.I. The number of hydrogen-bond donors (Lipinski definition) is 2. The van der Waals surface area contributed by atoms with Crippen molar-refractivity contribution in [3.63, 3.8) is 0 Å². The number of aliphatic hydroxyl groups excluding tert-OH is 1. The number of aliphatic hydroxyl groups is 1. The van der Waals surface area contributed by atoms with E-state index in [1.165, 1.54) is 18.5 Å². The van der Waals surface area contributed by atoms with Gasteiger partial charge in [0.2, 0.25) is 0 Å². The van der Waals surface area contributed by atoms with Gasteiger partial charge in [-0.2, -0.15) is 18.3 Å². The number of aromatic nitrogens is 3. The zero-order valence-electron chi connectivity index (χ0n) is 16.9. The Labute approximate surface area is 190 Å².